The minimum atomic E-state index is -0.565. The summed E-state index contributed by atoms with van der Waals surface area (Å²) in [6, 6.07) is 15.1. The van der Waals surface area contributed by atoms with Crippen molar-refractivity contribution in [3.05, 3.63) is 59.9 Å². The number of rotatable bonds is 6. The predicted octanol–water partition coefficient (Wildman–Crippen LogP) is 3.05. The summed E-state index contributed by atoms with van der Waals surface area (Å²) in [5.74, 6) is -0.286. The molecule has 1 aliphatic rings. The average Bonchev–Trinajstić information content (AvgIpc) is 2.74. The van der Waals surface area contributed by atoms with Crippen molar-refractivity contribution in [2.24, 2.45) is 0 Å². The summed E-state index contributed by atoms with van der Waals surface area (Å²) in [4.78, 5) is 37.8. The van der Waals surface area contributed by atoms with Gasteiger partial charge >= 0.3 is 5.97 Å². The molecule has 2 aromatic carbocycles. The molecule has 4 N–H and O–H groups in total. The summed E-state index contributed by atoms with van der Waals surface area (Å²) in [6.45, 7) is 1.81. The number of benzene rings is 2. The average molecular weight is 436 g/mol. The third-order valence-corrected chi connectivity index (χ3v) is 5.70. The number of ether oxygens (including phenoxy) is 1. The van der Waals surface area contributed by atoms with Crippen LogP contribution in [0.1, 0.15) is 17.8 Å². The Morgan fingerprint density at radius 1 is 1.16 bits per heavy atom. The molecule has 1 atom stereocenters. The van der Waals surface area contributed by atoms with E-state index < -0.39 is 11.2 Å². The maximum Gasteiger partial charge on any atom is 0.307 e. The molecular weight excluding hydrogens is 416 g/mol. The Labute approximate surface area is 182 Å². The van der Waals surface area contributed by atoms with Crippen molar-refractivity contribution in [3.8, 4) is 0 Å². The molecule has 0 saturated carbocycles. The Morgan fingerprint density at radius 2 is 1.94 bits per heavy atom. The van der Waals surface area contributed by atoms with Crippen molar-refractivity contribution in [2.45, 2.75) is 30.1 Å². The first kappa shape index (κ1) is 20.6. The summed E-state index contributed by atoms with van der Waals surface area (Å²) in [6.07, 6.45) is -0.0696. The quantitative estimate of drug-likeness (QED) is 0.499. The molecule has 1 amide bonds. The van der Waals surface area contributed by atoms with E-state index in [1.165, 1.54) is 11.8 Å². The number of para-hydroxylation sites is 1. The first-order valence-electron chi connectivity index (χ1n) is 9.52. The normalized spacial score (nSPS) is 15.0. The molecule has 10 heteroatoms. The molecule has 0 unspecified atom stereocenters. The minimum Gasteiger partial charge on any atom is -0.457 e. The van der Waals surface area contributed by atoms with Gasteiger partial charge in [-0.2, -0.15) is 15.0 Å². The molecule has 1 aliphatic heterocycles. The molecule has 0 bridgehead atoms. The molecule has 0 saturated heterocycles. The molecule has 158 valence electrons. The summed E-state index contributed by atoms with van der Waals surface area (Å²) in [5, 5.41) is 5.28. The fourth-order valence-electron chi connectivity index (χ4n) is 2.91. The third kappa shape index (κ3) is 5.28. The van der Waals surface area contributed by atoms with Gasteiger partial charge in [-0.15, -0.1) is 11.8 Å². The number of thioether (sulfide) groups is 1. The van der Waals surface area contributed by atoms with Gasteiger partial charge in [0, 0.05) is 10.6 Å². The Bertz CT molecular complexity index is 1120. The molecule has 1 aromatic heterocycles. The van der Waals surface area contributed by atoms with E-state index >= 15 is 0 Å². The van der Waals surface area contributed by atoms with E-state index in [0.717, 1.165) is 21.8 Å². The number of aryl methyl sites for hydroxylation is 1. The zero-order valence-electron chi connectivity index (χ0n) is 16.7. The number of nitrogens with one attached hydrogen (secondary N) is 2. The number of aromatic nitrogens is 3. The lowest BCUT2D eigenvalue weighted by Gasteiger charge is -2.23. The van der Waals surface area contributed by atoms with Crippen molar-refractivity contribution in [3.63, 3.8) is 0 Å². The van der Waals surface area contributed by atoms with Crippen molar-refractivity contribution >= 4 is 46.9 Å². The number of carbonyl (C=O) groups is 2. The van der Waals surface area contributed by atoms with Crippen LogP contribution in [-0.2, 0) is 20.9 Å². The number of nitrogens with two attached hydrogens (primary N) is 1. The molecular formula is C21H20N6O3S. The molecule has 31 heavy (non-hydrogen) atoms. The number of anilines is 4. The van der Waals surface area contributed by atoms with Crippen molar-refractivity contribution < 1.29 is 14.3 Å². The number of nitrogens with zero attached hydrogens (tertiary/aromatic N) is 3. The topological polar surface area (TPSA) is 132 Å². The van der Waals surface area contributed by atoms with Crippen LogP contribution in [0.2, 0.25) is 0 Å². The highest BCUT2D eigenvalue weighted by Crippen LogP contribution is 2.36. The standard InChI is InChI=1S/C21H20N6O3S/c1-12-6-8-13(9-7-12)23-21-26-17(25-20(22)27-21)11-30-18(28)10-16-19(29)24-14-4-2-3-5-15(14)31-16/h2-9,16H,10-11H2,1H3,(H,24,29)(H3,22,23,25,26,27)/t16-/m0/s1. The van der Waals surface area contributed by atoms with Crippen LogP contribution in [0.15, 0.2) is 53.4 Å². The van der Waals surface area contributed by atoms with Gasteiger partial charge in [-0.05, 0) is 31.2 Å². The van der Waals surface area contributed by atoms with E-state index in [4.69, 9.17) is 10.5 Å². The Hall–Kier alpha value is -3.66. The van der Waals surface area contributed by atoms with Gasteiger partial charge in [-0.3, -0.25) is 9.59 Å². The Kier molecular flexibility index (Phi) is 5.99. The van der Waals surface area contributed by atoms with Gasteiger partial charge in [-0.25, -0.2) is 0 Å². The highest BCUT2D eigenvalue weighted by atomic mass is 32.2. The molecule has 0 aliphatic carbocycles. The van der Waals surface area contributed by atoms with Gasteiger partial charge in [0.15, 0.2) is 12.4 Å². The number of esters is 1. The van der Waals surface area contributed by atoms with Gasteiger partial charge in [0.05, 0.1) is 17.4 Å². The van der Waals surface area contributed by atoms with Crippen LogP contribution in [0.3, 0.4) is 0 Å². The van der Waals surface area contributed by atoms with Gasteiger partial charge in [0.25, 0.3) is 0 Å². The SMILES string of the molecule is Cc1ccc(Nc2nc(N)nc(COC(=O)C[C@@H]3Sc4ccccc4NC3=O)n2)cc1. The zero-order valence-corrected chi connectivity index (χ0v) is 17.5. The van der Waals surface area contributed by atoms with Crippen LogP contribution in [-0.4, -0.2) is 32.1 Å². The van der Waals surface area contributed by atoms with Gasteiger partial charge < -0.3 is 21.1 Å². The Morgan fingerprint density at radius 3 is 2.74 bits per heavy atom. The summed E-state index contributed by atoms with van der Waals surface area (Å²) in [5.41, 5.74) is 8.42. The van der Waals surface area contributed by atoms with Gasteiger partial charge in [0.2, 0.25) is 17.8 Å². The van der Waals surface area contributed by atoms with Crippen molar-refractivity contribution in [1.82, 2.24) is 15.0 Å². The summed E-state index contributed by atoms with van der Waals surface area (Å²) < 4.78 is 5.27. The maximum atomic E-state index is 12.3. The Balaban J connectivity index is 1.35. The number of carbonyl (C=O) groups excluding carboxylic acids is 2. The third-order valence-electron chi connectivity index (χ3n) is 4.43. The van der Waals surface area contributed by atoms with Crippen molar-refractivity contribution in [2.75, 3.05) is 16.4 Å². The highest BCUT2D eigenvalue weighted by molar-refractivity contribution is 8.01. The first-order valence-corrected chi connectivity index (χ1v) is 10.4. The summed E-state index contributed by atoms with van der Waals surface area (Å²) >= 11 is 1.34. The van der Waals surface area contributed by atoms with Crippen LogP contribution < -0.4 is 16.4 Å². The monoisotopic (exact) mass is 436 g/mol. The predicted molar refractivity (Wildman–Crippen MR) is 118 cm³/mol. The van der Waals surface area contributed by atoms with Crippen LogP contribution in [0.25, 0.3) is 0 Å². The lowest BCUT2D eigenvalue weighted by molar-refractivity contribution is -0.146. The van der Waals surface area contributed by atoms with E-state index in [-0.39, 0.29) is 36.7 Å². The second kappa shape index (κ2) is 9.00. The number of hydrogen-bond acceptors (Lipinski definition) is 9. The molecule has 2 heterocycles. The van der Waals surface area contributed by atoms with E-state index in [9.17, 15) is 9.59 Å². The lowest BCUT2D eigenvalue weighted by atomic mass is 10.2. The largest absolute Gasteiger partial charge is 0.457 e. The summed E-state index contributed by atoms with van der Waals surface area (Å²) in [7, 11) is 0. The molecule has 0 fully saturated rings. The van der Waals surface area contributed by atoms with Crippen LogP contribution in [0.4, 0.5) is 23.3 Å². The highest BCUT2D eigenvalue weighted by Gasteiger charge is 2.29. The second-order valence-electron chi connectivity index (χ2n) is 6.88. The van der Waals surface area contributed by atoms with E-state index in [2.05, 4.69) is 25.6 Å². The van der Waals surface area contributed by atoms with Crippen LogP contribution in [0.5, 0.6) is 0 Å². The molecule has 0 radical (unpaired) electrons. The number of nitrogen functional groups attached to an aromatic ring is 1. The van der Waals surface area contributed by atoms with Gasteiger partial charge in [-0.1, -0.05) is 29.8 Å². The minimum absolute atomic E-state index is 0.00878. The molecule has 9 nitrogen and oxygen atoms in total. The van der Waals surface area contributed by atoms with Crippen molar-refractivity contribution in [1.29, 1.82) is 0 Å². The number of fused-ring (bicyclic) bond motifs is 1. The van der Waals surface area contributed by atoms with E-state index in [1.807, 2.05) is 55.5 Å². The van der Waals surface area contributed by atoms with Crippen LogP contribution in [0, 0.1) is 6.92 Å². The number of hydrogen-bond donors (Lipinski definition) is 3. The second-order valence-corrected chi connectivity index (χ2v) is 8.13. The fraction of sp³-hybridized carbons (Fsp3) is 0.190. The van der Waals surface area contributed by atoms with E-state index in [0.29, 0.717) is 0 Å². The number of amides is 1. The fourth-order valence-corrected chi connectivity index (χ4v) is 4.00. The molecule has 4 rings (SSSR count). The first-order chi connectivity index (χ1) is 15.0. The smallest absolute Gasteiger partial charge is 0.307 e. The zero-order chi connectivity index (χ0) is 21.8. The maximum absolute atomic E-state index is 12.3. The van der Waals surface area contributed by atoms with Crippen LogP contribution >= 0.6 is 11.8 Å². The van der Waals surface area contributed by atoms with E-state index in [1.54, 1.807) is 0 Å². The molecule has 3 aromatic rings. The molecule has 0 spiro atoms. The van der Waals surface area contributed by atoms with Gasteiger partial charge in [0.1, 0.15) is 0 Å². The lowest BCUT2D eigenvalue weighted by Crippen LogP contribution is -2.31.